The van der Waals surface area contributed by atoms with Gasteiger partial charge in [0.15, 0.2) is 0 Å². The van der Waals surface area contributed by atoms with Gasteiger partial charge in [0, 0.05) is 23.6 Å². The minimum Gasteiger partial charge on any atom is -0.382 e. The summed E-state index contributed by atoms with van der Waals surface area (Å²) in [5.74, 6) is 0. The van der Waals surface area contributed by atoms with Crippen LogP contribution in [0.4, 0.5) is 5.69 Å². The number of β-amino-alcohol motifs (C(OH)–C–C–N with tert-alkyl or cyclic N) is 1. The van der Waals surface area contributed by atoms with Crippen LogP contribution in [0.15, 0.2) is 22.7 Å². The average Bonchev–Trinajstić information content (AvgIpc) is 2.14. The van der Waals surface area contributed by atoms with Crippen LogP contribution in [0.3, 0.4) is 0 Å². The van der Waals surface area contributed by atoms with Crippen LogP contribution in [0.1, 0.15) is 5.56 Å². The van der Waals surface area contributed by atoms with Gasteiger partial charge in [-0.2, -0.15) is 0 Å². The average molecular weight is 273 g/mol. The molecule has 0 spiro atoms. The van der Waals surface area contributed by atoms with Crippen molar-refractivity contribution in [1.29, 1.82) is 0 Å². The highest BCUT2D eigenvalue weighted by Crippen LogP contribution is 2.34. The van der Waals surface area contributed by atoms with E-state index in [0.717, 1.165) is 0 Å². The lowest BCUT2D eigenvalue weighted by molar-refractivity contribution is -0.387. The van der Waals surface area contributed by atoms with Crippen molar-refractivity contribution in [1.82, 2.24) is 5.32 Å². The van der Waals surface area contributed by atoms with Crippen LogP contribution in [0, 0.1) is 10.1 Å². The number of nitro groups is 1. The van der Waals surface area contributed by atoms with Gasteiger partial charge in [0.1, 0.15) is 5.60 Å². The molecule has 0 aromatic heterocycles. The zero-order valence-corrected chi connectivity index (χ0v) is 9.32. The normalized spacial score (nSPS) is 18.3. The molecule has 1 heterocycles. The lowest BCUT2D eigenvalue weighted by Crippen LogP contribution is -2.56. The molecule has 1 aromatic carbocycles. The number of hydrogen-bond donors (Lipinski definition) is 2. The van der Waals surface area contributed by atoms with Gasteiger partial charge in [0.25, 0.3) is 5.69 Å². The summed E-state index contributed by atoms with van der Waals surface area (Å²) in [7, 11) is 0. The van der Waals surface area contributed by atoms with Crippen molar-refractivity contribution in [2.45, 2.75) is 5.60 Å². The van der Waals surface area contributed by atoms with Gasteiger partial charge in [-0.05, 0) is 12.1 Å². The summed E-state index contributed by atoms with van der Waals surface area (Å²) in [5.41, 5.74) is -0.772. The predicted octanol–water partition coefficient (Wildman–Crippen LogP) is 1.15. The third-order valence-electron chi connectivity index (χ3n) is 2.49. The van der Waals surface area contributed by atoms with Crippen LogP contribution < -0.4 is 5.32 Å². The Balaban J connectivity index is 2.50. The Kier molecular flexibility index (Phi) is 2.49. The third-order valence-corrected chi connectivity index (χ3v) is 2.99. The zero-order valence-electron chi connectivity index (χ0n) is 7.74. The van der Waals surface area contributed by atoms with Crippen molar-refractivity contribution < 1.29 is 10.0 Å². The number of nitrogens with zero attached hydrogens (tertiary/aromatic N) is 1. The first-order valence-corrected chi connectivity index (χ1v) is 5.20. The fourth-order valence-corrected chi connectivity index (χ4v) is 1.95. The molecule has 1 aliphatic heterocycles. The molecule has 0 amide bonds. The Hall–Kier alpha value is -0.980. The van der Waals surface area contributed by atoms with Crippen LogP contribution >= 0.6 is 15.9 Å². The molecule has 80 valence electrons. The molecule has 0 aliphatic carbocycles. The van der Waals surface area contributed by atoms with Gasteiger partial charge in [-0.15, -0.1) is 0 Å². The van der Waals surface area contributed by atoms with Crippen molar-refractivity contribution in [2.24, 2.45) is 0 Å². The maximum absolute atomic E-state index is 10.8. The highest BCUT2D eigenvalue weighted by molar-refractivity contribution is 9.10. The molecule has 2 N–H and O–H groups in total. The predicted molar refractivity (Wildman–Crippen MR) is 57.6 cm³/mol. The van der Waals surface area contributed by atoms with Gasteiger partial charge in [0.05, 0.1) is 10.5 Å². The lowest BCUT2D eigenvalue weighted by Gasteiger charge is -2.37. The molecule has 0 unspecified atom stereocenters. The summed E-state index contributed by atoms with van der Waals surface area (Å²) >= 11 is 3.17. The molecule has 1 fully saturated rings. The van der Waals surface area contributed by atoms with Crippen molar-refractivity contribution in [3.8, 4) is 0 Å². The van der Waals surface area contributed by atoms with Crippen molar-refractivity contribution in [2.75, 3.05) is 13.1 Å². The molecule has 0 atom stereocenters. The number of nitro benzene ring substituents is 1. The summed E-state index contributed by atoms with van der Waals surface area (Å²) < 4.78 is 0.633. The van der Waals surface area contributed by atoms with Gasteiger partial charge < -0.3 is 10.4 Å². The van der Waals surface area contributed by atoms with Crippen LogP contribution in [0.2, 0.25) is 0 Å². The van der Waals surface area contributed by atoms with Gasteiger partial charge in [0.2, 0.25) is 0 Å². The van der Waals surface area contributed by atoms with E-state index in [2.05, 4.69) is 21.2 Å². The van der Waals surface area contributed by atoms with Crippen LogP contribution in [0.5, 0.6) is 0 Å². The number of nitrogens with one attached hydrogen (secondary N) is 1. The topological polar surface area (TPSA) is 75.4 Å². The van der Waals surface area contributed by atoms with Crippen LogP contribution in [0.25, 0.3) is 0 Å². The number of aliphatic hydroxyl groups is 1. The molecule has 2 rings (SSSR count). The molecular weight excluding hydrogens is 264 g/mol. The van der Waals surface area contributed by atoms with Crippen molar-refractivity contribution >= 4 is 21.6 Å². The Morgan fingerprint density at radius 2 is 2.20 bits per heavy atom. The summed E-state index contributed by atoms with van der Waals surface area (Å²) in [4.78, 5) is 10.3. The second-order valence-electron chi connectivity index (χ2n) is 3.55. The van der Waals surface area contributed by atoms with E-state index in [4.69, 9.17) is 0 Å². The van der Waals surface area contributed by atoms with E-state index in [1.165, 1.54) is 6.07 Å². The number of halogens is 1. The zero-order chi connectivity index (χ0) is 11.1. The molecule has 1 aromatic rings. The Bertz CT molecular complexity index is 418. The summed E-state index contributed by atoms with van der Waals surface area (Å²) in [6.45, 7) is 0.713. The standard InChI is InChI=1S/C9H9BrN2O3/c10-6-1-2-7(8(3-6)12(14)15)9(13)4-11-5-9/h1-3,11,13H,4-5H2. The summed E-state index contributed by atoms with van der Waals surface area (Å²) in [5, 5.41) is 23.7. The quantitative estimate of drug-likeness (QED) is 0.626. The van der Waals surface area contributed by atoms with E-state index in [-0.39, 0.29) is 5.69 Å². The van der Waals surface area contributed by atoms with Gasteiger partial charge in [-0.3, -0.25) is 10.1 Å². The Morgan fingerprint density at radius 1 is 1.53 bits per heavy atom. The second kappa shape index (κ2) is 3.55. The Morgan fingerprint density at radius 3 is 2.67 bits per heavy atom. The third kappa shape index (κ3) is 1.75. The lowest BCUT2D eigenvalue weighted by atomic mass is 9.87. The summed E-state index contributed by atoms with van der Waals surface area (Å²) in [6.07, 6.45) is 0. The van der Waals surface area contributed by atoms with E-state index in [1.54, 1.807) is 12.1 Å². The minimum atomic E-state index is -1.09. The highest BCUT2D eigenvalue weighted by atomic mass is 79.9. The molecule has 0 radical (unpaired) electrons. The maximum atomic E-state index is 10.8. The number of rotatable bonds is 2. The Labute approximate surface area is 94.4 Å². The highest BCUT2D eigenvalue weighted by Gasteiger charge is 2.41. The molecule has 0 saturated carbocycles. The molecule has 15 heavy (non-hydrogen) atoms. The first-order chi connectivity index (χ1) is 7.03. The molecule has 6 heteroatoms. The molecular formula is C9H9BrN2O3. The molecule has 5 nitrogen and oxygen atoms in total. The van der Waals surface area contributed by atoms with E-state index in [1.807, 2.05) is 0 Å². The monoisotopic (exact) mass is 272 g/mol. The first-order valence-electron chi connectivity index (χ1n) is 4.40. The fraction of sp³-hybridized carbons (Fsp3) is 0.333. The first kappa shape index (κ1) is 10.5. The van der Waals surface area contributed by atoms with Gasteiger partial charge in [-0.1, -0.05) is 15.9 Å². The van der Waals surface area contributed by atoms with Crippen molar-refractivity contribution in [3.63, 3.8) is 0 Å². The van der Waals surface area contributed by atoms with Crippen molar-refractivity contribution in [3.05, 3.63) is 38.3 Å². The summed E-state index contributed by atoms with van der Waals surface area (Å²) in [6, 6.07) is 4.69. The van der Waals surface area contributed by atoms with Gasteiger partial charge >= 0.3 is 0 Å². The van der Waals surface area contributed by atoms with E-state index in [0.29, 0.717) is 23.1 Å². The molecule has 1 aliphatic rings. The smallest absolute Gasteiger partial charge is 0.276 e. The van der Waals surface area contributed by atoms with Gasteiger partial charge in [-0.25, -0.2) is 0 Å². The second-order valence-corrected chi connectivity index (χ2v) is 4.47. The number of benzene rings is 1. The van der Waals surface area contributed by atoms with E-state index in [9.17, 15) is 15.2 Å². The maximum Gasteiger partial charge on any atom is 0.276 e. The van der Waals surface area contributed by atoms with Crippen LogP contribution in [-0.2, 0) is 5.60 Å². The molecule has 1 saturated heterocycles. The molecule has 0 bridgehead atoms. The fourth-order valence-electron chi connectivity index (χ4n) is 1.60. The largest absolute Gasteiger partial charge is 0.382 e. The van der Waals surface area contributed by atoms with E-state index < -0.39 is 10.5 Å². The SMILES string of the molecule is O=[N+]([O-])c1cc(Br)ccc1C1(O)CNC1. The van der Waals surface area contributed by atoms with E-state index >= 15 is 0 Å². The number of hydrogen-bond acceptors (Lipinski definition) is 4. The van der Waals surface area contributed by atoms with Crippen LogP contribution in [-0.4, -0.2) is 23.1 Å². The minimum absolute atomic E-state index is 0.0478.